The van der Waals surface area contributed by atoms with Gasteiger partial charge in [-0.25, -0.2) is 0 Å². The van der Waals surface area contributed by atoms with Crippen LogP contribution in [0.25, 0.3) is 21.5 Å². The molecule has 0 aliphatic rings. The number of hydrogen-bond donors (Lipinski definition) is 0. The minimum atomic E-state index is 0. The van der Waals surface area contributed by atoms with E-state index in [4.69, 9.17) is 0 Å². The SMILES string of the molecule is Cc1cccc2c1[cH-]c1ccccc12.[CH3-].[CH3-].[Zr+3]. The Balaban J connectivity index is 0.000000853. The van der Waals surface area contributed by atoms with Crippen molar-refractivity contribution < 1.29 is 26.2 Å². The van der Waals surface area contributed by atoms with E-state index in [2.05, 4.69) is 55.5 Å². The summed E-state index contributed by atoms with van der Waals surface area (Å²) in [7, 11) is 0. The summed E-state index contributed by atoms with van der Waals surface area (Å²) in [6, 6.07) is 17.3. The zero-order chi connectivity index (χ0) is 9.54. The molecule has 0 unspecified atom stereocenters. The molecule has 17 heavy (non-hydrogen) atoms. The zero-order valence-electron chi connectivity index (χ0n) is 10.6. The molecule has 0 amide bonds. The first-order valence-corrected chi connectivity index (χ1v) is 4.90. The van der Waals surface area contributed by atoms with Gasteiger partial charge >= 0.3 is 26.2 Å². The monoisotopic (exact) mass is 299 g/mol. The Morgan fingerprint density at radius 3 is 2.24 bits per heavy atom. The van der Waals surface area contributed by atoms with Crippen molar-refractivity contribution in [3.63, 3.8) is 0 Å². The van der Waals surface area contributed by atoms with Crippen molar-refractivity contribution in [1.29, 1.82) is 0 Å². The minimum absolute atomic E-state index is 0. The molecule has 0 atom stereocenters. The maximum Gasteiger partial charge on any atom is 3.00 e. The third-order valence-corrected chi connectivity index (χ3v) is 2.87. The molecule has 0 heterocycles. The topological polar surface area (TPSA) is 0 Å². The molecule has 3 aromatic carbocycles. The second-order valence-electron chi connectivity index (χ2n) is 3.77. The van der Waals surface area contributed by atoms with Crippen molar-refractivity contribution in [3.8, 4) is 0 Å². The van der Waals surface area contributed by atoms with Crippen LogP contribution in [0.5, 0.6) is 0 Å². The summed E-state index contributed by atoms with van der Waals surface area (Å²) in [4.78, 5) is 0. The molecule has 0 aliphatic heterocycles. The third kappa shape index (κ3) is 2.55. The van der Waals surface area contributed by atoms with Crippen LogP contribution in [0.15, 0.2) is 48.5 Å². The minimum Gasteiger partial charge on any atom is -0.358 e. The van der Waals surface area contributed by atoms with E-state index in [1.54, 1.807) is 0 Å². The summed E-state index contributed by atoms with van der Waals surface area (Å²) < 4.78 is 0. The first-order valence-electron chi connectivity index (χ1n) is 4.90. The van der Waals surface area contributed by atoms with Gasteiger partial charge in [0.2, 0.25) is 0 Å². The zero-order valence-corrected chi connectivity index (χ0v) is 13.1. The molecule has 3 aromatic rings. The molecule has 0 nitrogen and oxygen atoms in total. The van der Waals surface area contributed by atoms with Crippen LogP contribution < -0.4 is 0 Å². The van der Waals surface area contributed by atoms with Crippen LogP contribution >= 0.6 is 0 Å². The van der Waals surface area contributed by atoms with E-state index in [1.807, 2.05) is 0 Å². The summed E-state index contributed by atoms with van der Waals surface area (Å²) >= 11 is 0. The molecule has 1 radical (unpaired) electrons. The Bertz CT molecular complexity index is 605. The van der Waals surface area contributed by atoms with Gasteiger partial charge in [0.25, 0.3) is 0 Å². The van der Waals surface area contributed by atoms with Crippen molar-refractivity contribution in [2.75, 3.05) is 0 Å². The molecule has 0 fully saturated rings. The van der Waals surface area contributed by atoms with Gasteiger partial charge in [-0.1, -0.05) is 43.3 Å². The van der Waals surface area contributed by atoms with Crippen molar-refractivity contribution in [1.82, 2.24) is 0 Å². The number of hydrogen-bond acceptors (Lipinski definition) is 0. The molecule has 0 aliphatic carbocycles. The average molecular weight is 301 g/mol. The normalized spacial score (nSPS) is 9.24. The molecule has 0 saturated heterocycles. The second kappa shape index (κ2) is 6.21. The standard InChI is InChI=1S/C14H11.2CH3.Zr/c1-10-5-4-8-13-12-7-3-2-6-11(12)9-14(10)13;;;/h2-9H,1H3;2*1H3;/q3*-1;+3. The molecule has 3 rings (SSSR count). The largest absolute Gasteiger partial charge is 3.00 e. The summed E-state index contributed by atoms with van der Waals surface area (Å²) in [6.45, 7) is 2.17. The van der Waals surface area contributed by atoms with Gasteiger partial charge in [0.15, 0.2) is 0 Å². The van der Waals surface area contributed by atoms with Gasteiger partial charge < -0.3 is 14.9 Å². The van der Waals surface area contributed by atoms with Crippen LogP contribution in [0, 0.1) is 21.8 Å². The van der Waals surface area contributed by atoms with Gasteiger partial charge in [-0.2, -0.15) is 0 Å². The average Bonchev–Trinajstić information content (AvgIpc) is 2.59. The van der Waals surface area contributed by atoms with E-state index in [-0.39, 0.29) is 41.1 Å². The van der Waals surface area contributed by atoms with E-state index < -0.39 is 0 Å². The van der Waals surface area contributed by atoms with E-state index in [0.717, 1.165) is 0 Å². The van der Waals surface area contributed by atoms with Crippen molar-refractivity contribution >= 4 is 21.5 Å². The van der Waals surface area contributed by atoms with E-state index in [9.17, 15) is 0 Å². The fourth-order valence-corrected chi connectivity index (χ4v) is 2.13. The van der Waals surface area contributed by atoms with Gasteiger partial charge in [-0.05, 0) is 0 Å². The van der Waals surface area contributed by atoms with Crippen LogP contribution in [-0.4, -0.2) is 0 Å². The molecule has 1 heteroatoms. The summed E-state index contributed by atoms with van der Waals surface area (Å²) in [6.07, 6.45) is 0. The van der Waals surface area contributed by atoms with Crippen LogP contribution in [0.1, 0.15) is 5.56 Å². The molecular formula is C16H17Zr. The van der Waals surface area contributed by atoms with E-state index >= 15 is 0 Å². The van der Waals surface area contributed by atoms with E-state index in [0.29, 0.717) is 0 Å². The van der Waals surface area contributed by atoms with Gasteiger partial charge in [0.1, 0.15) is 0 Å². The maximum atomic E-state index is 2.28. The number of rotatable bonds is 0. The fraction of sp³-hybridized carbons (Fsp3) is 0.0625. The first kappa shape index (κ1) is 16.2. The number of fused-ring (bicyclic) bond motifs is 3. The van der Waals surface area contributed by atoms with Gasteiger partial charge in [-0.15, -0.1) is 39.2 Å². The van der Waals surface area contributed by atoms with Crippen LogP contribution in [0.3, 0.4) is 0 Å². The summed E-state index contributed by atoms with van der Waals surface area (Å²) in [5, 5.41) is 5.47. The van der Waals surface area contributed by atoms with Crippen LogP contribution in [0.2, 0.25) is 0 Å². The van der Waals surface area contributed by atoms with Gasteiger partial charge in [0, 0.05) is 0 Å². The van der Waals surface area contributed by atoms with E-state index in [1.165, 1.54) is 27.1 Å². The Kier molecular flexibility index (Phi) is 5.92. The number of benzene rings is 2. The summed E-state index contributed by atoms with van der Waals surface area (Å²) in [5.41, 5.74) is 1.36. The molecule has 0 spiro atoms. The smallest absolute Gasteiger partial charge is 0.358 e. The van der Waals surface area contributed by atoms with Crippen molar-refractivity contribution in [3.05, 3.63) is 68.9 Å². The van der Waals surface area contributed by atoms with Crippen molar-refractivity contribution in [2.24, 2.45) is 0 Å². The Hall–Kier alpha value is -0.807. The molecular weight excluding hydrogens is 283 g/mol. The molecule has 0 aromatic heterocycles. The predicted molar refractivity (Wildman–Crippen MR) is 74.6 cm³/mol. The fourth-order valence-electron chi connectivity index (χ4n) is 2.13. The van der Waals surface area contributed by atoms with Crippen LogP contribution in [-0.2, 0) is 26.2 Å². The van der Waals surface area contributed by atoms with Crippen molar-refractivity contribution in [2.45, 2.75) is 6.92 Å². The maximum absolute atomic E-state index is 2.28. The summed E-state index contributed by atoms with van der Waals surface area (Å²) in [5.74, 6) is 0. The Morgan fingerprint density at radius 2 is 1.47 bits per heavy atom. The molecule has 0 bridgehead atoms. The molecule has 85 valence electrons. The predicted octanol–water partition coefficient (Wildman–Crippen LogP) is 4.92. The van der Waals surface area contributed by atoms with Gasteiger partial charge in [0.05, 0.1) is 0 Å². The van der Waals surface area contributed by atoms with Gasteiger partial charge in [-0.3, -0.25) is 0 Å². The molecule has 0 saturated carbocycles. The second-order valence-corrected chi connectivity index (χ2v) is 3.77. The Morgan fingerprint density at radius 1 is 0.824 bits per heavy atom. The van der Waals surface area contributed by atoms with Crippen LogP contribution in [0.4, 0.5) is 0 Å². The third-order valence-electron chi connectivity index (χ3n) is 2.87. The first-order chi connectivity index (χ1) is 6.86. The number of aryl methyl sites for hydroxylation is 1. The quantitative estimate of drug-likeness (QED) is 0.517. The Labute approximate surface area is 123 Å². The molecule has 0 N–H and O–H groups in total.